The lowest BCUT2D eigenvalue weighted by Crippen LogP contribution is -2.27. The van der Waals surface area contributed by atoms with Crippen LogP contribution >= 0.6 is 0 Å². The van der Waals surface area contributed by atoms with Gasteiger partial charge in [0.25, 0.3) is 0 Å². The molecule has 0 aliphatic rings. The van der Waals surface area contributed by atoms with E-state index in [-0.39, 0.29) is 18.1 Å². The van der Waals surface area contributed by atoms with Crippen molar-refractivity contribution >= 4 is 16.8 Å². The van der Waals surface area contributed by atoms with E-state index >= 15 is 4.39 Å². The van der Waals surface area contributed by atoms with Crippen LogP contribution in [0.25, 0.3) is 10.9 Å². The monoisotopic (exact) mass is 477 g/mol. The third-order valence-electron chi connectivity index (χ3n) is 6.49. The first-order valence-corrected chi connectivity index (χ1v) is 12.2. The Morgan fingerprint density at radius 3 is 2.42 bits per heavy atom. The second-order valence-electron chi connectivity index (χ2n) is 8.91. The van der Waals surface area contributed by atoms with Gasteiger partial charge in [0, 0.05) is 60.8 Å². The Morgan fingerprint density at radius 2 is 1.61 bits per heavy atom. The minimum absolute atomic E-state index is 0.112. The molecule has 0 aliphatic carbocycles. The minimum Gasteiger partial charge on any atom is -0.356 e. The largest absolute Gasteiger partial charge is 0.356 e. The van der Waals surface area contributed by atoms with Crippen LogP contribution in [0.3, 0.4) is 0 Å². The molecule has 0 spiro atoms. The number of aromatic nitrogens is 2. The van der Waals surface area contributed by atoms with E-state index in [9.17, 15) is 4.79 Å². The highest BCUT2D eigenvalue weighted by Crippen LogP contribution is 2.36. The topological polar surface area (TPSA) is 46.9 Å². The maximum absolute atomic E-state index is 15.1. The molecular weight excluding hydrogens is 449 g/mol. The number of carbonyl (C=O) groups excluding carboxylic acids is 1. The average Bonchev–Trinajstić information content (AvgIpc) is 3.27. The van der Waals surface area contributed by atoms with Crippen molar-refractivity contribution in [2.45, 2.75) is 25.3 Å². The zero-order valence-electron chi connectivity index (χ0n) is 20.0. The van der Waals surface area contributed by atoms with Crippen molar-refractivity contribution < 1.29 is 9.18 Å². The molecule has 1 atom stereocenters. The molecule has 1 unspecified atom stereocenters. The molecule has 180 valence electrons. The molecule has 1 N–H and O–H groups in total. The van der Waals surface area contributed by atoms with Crippen molar-refractivity contribution in [2.75, 3.05) is 6.54 Å². The molecule has 0 saturated heterocycles. The van der Waals surface area contributed by atoms with Gasteiger partial charge in [-0.05, 0) is 41.0 Å². The predicted molar refractivity (Wildman–Crippen MR) is 141 cm³/mol. The van der Waals surface area contributed by atoms with Gasteiger partial charge in [-0.15, -0.1) is 0 Å². The average molecular weight is 478 g/mol. The third-order valence-corrected chi connectivity index (χ3v) is 6.49. The first-order valence-electron chi connectivity index (χ1n) is 12.2. The van der Waals surface area contributed by atoms with E-state index in [0.29, 0.717) is 25.1 Å². The molecule has 2 aromatic heterocycles. The Balaban J connectivity index is 1.45. The summed E-state index contributed by atoms with van der Waals surface area (Å²) in [6.07, 6.45) is 4.63. The normalized spacial score (nSPS) is 11.9. The van der Waals surface area contributed by atoms with Gasteiger partial charge in [-0.1, -0.05) is 72.8 Å². The summed E-state index contributed by atoms with van der Waals surface area (Å²) in [5.41, 5.74) is 4.65. The van der Waals surface area contributed by atoms with Crippen LogP contribution in [-0.2, 0) is 17.8 Å². The number of nitrogens with zero attached hydrogens (tertiary/aromatic N) is 2. The maximum atomic E-state index is 15.1. The quantitative estimate of drug-likeness (QED) is 0.279. The van der Waals surface area contributed by atoms with Crippen molar-refractivity contribution in [2.24, 2.45) is 0 Å². The van der Waals surface area contributed by atoms with Crippen molar-refractivity contribution in [3.05, 3.63) is 138 Å². The summed E-state index contributed by atoms with van der Waals surface area (Å²) in [6.45, 7) is 1.18. The summed E-state index contributed by atoms with van der Waals surface area (Å²) in [5.74, 6) is -0.828. The van der Waals surface area contributed by atoms with E-state index in [1.165, 1.54) is 11.6 Å². The highest BCUT2D eigenvalue weighted by molar-refractivity contribution is 5.86. The number of hydrogen-bond acceptors (Lipinski definition) is 2. The SMILES string of the molecule is O=C(CC(c1ccccc1F)c1cn(Cc2ccccc2)c2ccccc12)NCCc1ccccn1. The van der Waals surface area contributed by atoms with Crippen molar-refractivity contribution in [1.29, 1.82) is 0 Å². The lowest BCUT2D eigenvalue weighted by Gasteiger charge is -2.18. The van der Waals surface area contributed by atoms with Gasteiger partial charge in [0.15, 0.2) is 0 Å². The van der Waals surface area contributed by atoms with Gasteiger partial charge in [-0.25, -0.2) is 4.39 Å². The first kappa shape index (κ1) is 23.5. The van der Waals surface area contributed by atoms with Crippen LogP contribution in [0.15, 0.2) is 109 Å². The van der Waals surface area contributed by atoms with E-state index in [2.05, 4.69) is 45.3 Å². The van der Waals surface area contributed by atoms with Gasteiger partial charge in [-0.3, -0.25) is 9.78 Å². The second-order valence-corrected chi connectivity index (χ2v) is 8.91. The summed E-state index contributed by atoms with van der Waals surface area (Å²) in [6, 6.07) is 30.9. The first-order chi connectivity index (χ1) is 17.7. The lowest BCUT2D eigenvalue weighted by molar-refractivity contribution is -0.121. The Labute approximate surface area is 210 Å². The lowest BCUT2D eigenvalue weighted by atomic mass is 9.87. The molecule has 0 aliphatic heterocycles. The fourth-order valence-electron chi connectivity index (χ4n) is 4.74. The molecule has 0 radical (unpaired) electrons. The molecule has 5 aromatic rings. The number of para-hydroxylation sites is 1. The molecule has 5 heteroatoms. The second kappa shape index (κ2) is 11.0. The summed E-state index contributed by atoms with van der Waals surface area (Å²) in [4.78, 5) is 17.4. The third kappa shape index (κ3) is 5.36. The Kier molecular flexibility index (Phi) is 7.17. The molecule has 5 rings (SSSR count). The van der Waals surface area contributed by atoms with Gasteiger partial charge < -0.3 is 9.88 Å². The predicted octanol–water partition coefficient (Wildman–Crippen LogP) is 6.10. The Hall–Kier alpha value is -4.25. The minimum atomic E-state index is -0.414. The molecular formula is C31H28FN3O. The molecule has 0 fully saturated rings. The maximum Gasteiger partial charge on any atom is 0.220 e. The zero-order chi connectivity index (χ0) is 24.7. The summed E-state index contributed by atoms with van der Waals surface area (Å²) in [5, 5.41) is 4.04. The standard InChI is InChI=1S/C31H28FN3O/c32-29-15-6-4-13-25(29)27(20-31(36)34-19-17-24-12-8-9-18-33-24)28-22-35(21-23-10-2-1-3-11-23)30-16-7-5-14-26(28)30/h1-16,18,22,27H,17,19-21H2,(H,34,36). The molecule has 4 nitrogen and oxygen atoms in total. The number of carbonyl (C=O) groups is 1. The molecule has 0 bridgehead atoms. The molecule has 0 saturated carbocycles. The summed E-state index contributed by atoms with van der Waals surface area (Å²) in [7, 11) is 0. The molecule has 2 heterocycles. The van der Waals surface area contributed by atoms with Crippen LogP contribution in [0.4, 0.5) is 4.39 Å². The van der Waals surface area contributed by atoms with Gasteiger partial charge in [0.05, 0.1) is 0 Å². The van der Waals surface area contributed by atoms with Crippen LogP contribution in [0.1, 0.15) is 34.7 Å². The summed E-state index contributed by atoms with van der Waals surface area (Å²) >= 11 is 0. The molecule has 36 heavy (non-hydrogen) atoms. The zero-order valence-corrected chi connectivity index (χ0v) is 20.0. The summed E-state index contributed by atoms with van der Waals surface area (Å²) < 4.78 is 17.2. The van der Waals surface area contributed by atoms with E-state index in [1.807, 2.05) is 54.6 Å². The van der Waals surface area contributed by atoms with E-state index < -0.39 is 5.92 Å². The van der Waals surface area contributed by atoms with E-state index in [4.69, 9.17) is 0 Å². The van der Waals surface area contributed by atoms with Crippen molar-refractivity contribution in [3.63, 3.8) is 0 Å². The van der Waals surface area contributed by atoms with Gasteiger partial charge >= 0.3 is 0 Å². The fourth-order valence-corrected chi connectivity index (χ4v) is 4.74. The highest BCUT2D eigenvalue weighted by atomic mass is 19.1. The van der Waals surface area contributed by atoms with Crippen LogP contribution in [0, 0.1) is 5.82 Å². The molecule has 3 aromatic carbocycles. The number of rotatable bonds is 9. The van der Waals surface area contributed by atoms with Gasteiger partial charge in [-0.2, -0.15) is 0 Å². The van der Waals surface area contributed by atoms with Gasteiger partial charge in [0.1, 0.15) is 5.82 Å². The highest BCUT2D eigenvalue weighted by Gasteiger charge is 2.25. The van der Waals surface area contributed by atoms with Crippen LogP contribution in [-0.4, -0.2) is 22.0 Å². The number of pyridine rings is 1. The number of halogens is 1. The number of amides is 1. The number of benzene rings is 3. The van der Waals surface area contributed by atoms with Gasteiger partial charge in [0.2, 0.25) is 5.91 Å². The van der Waals surface area contributed by atoms with Crippen molar-refractivity contribution in [3.8, 4) is 0 Å². The Bertz CT molecular complexity index is 1450. The number of hydrogen-bond donors (Lipinski definition) is 1. The van der Waals surface area contributed by atoms with Crippen LogP contribution < -0.4 is 5.32 Å². The van der Waals surface area contributed by atoms with Crippen LogP contribution in [0.5, 0.6) is 0 Å². The molecule has 1 amide bonds. The van der Waals surface area contributed by atoms with Crippen LogP contribution in [0.2, 0.25) is 0 Å². The van der Waals surface area contributed by atoms with Crippen molar-refractivity contribution in [1.82, 2.24) is 14.9 Å². The van der Waals surface area contributed by atoms with E-state index in [0.717, 1.165) is 22.2 Å². The van der Waals surface area contributed by atoms with E-state index in [1.54, 1.807) is 18.3 Å². The number of nitrogens with one attached hydrogen (secondary N) is 1. The smallest absolute Gasteiger partial charge is 0.220 e. The Morgan fingerprint density at radius 1 is 0.861 bits per heavy atom. The number of fused-ring (bicyclic) bond motifs is 1. The fraction of sp³-hybridized carbons (Fsp3) is 0.161.